The van der Waals surface area contributed by atoms with E-state index in [1.807, 2.05) is 18.7 Å². The lowest BCUT2D eigenvalue weighted by molar-refractivity contribution is 0.226. The van der Waals surface area contributed by atoms with Crippen molar-refractivity contribution in [2.75, 3.05) is 13.1 Å². The highest BCUT2D eigenvalue weighted by molar-refractivity contribution is 4.52. The molecule has 4 N–H and O–H groups in total. The fourth-order valence-electron chi connectivity index (χ4n) is 0.645. The molecule has 50 valence electrons. The summed E-state index contributed by atoms with van der Waals surface area (Å²) in [6, 6.07) is 0. The Bertz CT molecular complexity index is 49.6. The SMILES string of the molecule is CCN(CC)C(N)N. The molecule has 3 heteroatoms. The van der Waals surface area contributed by atoms with E-state index in [2.05, 4.69) is 0 Å². The summed E-state index contributed by atoms with van der Waals surface area (Å²) in [5.74, 6) is 0. The van der Waals surface area contributed by atoms with E-state index in [-0.39, 0.29) is 6.29 Å². The van der Waals surface area contributed by atoms with Gasteiger partial charge in [-0.05, 0) is 13.1 Å². The van der Waals surface area contributed by atoms with E-state index in [0.29, 0.717) is 0 Å². The molecule has 0 unspecified atom stereocenters. The molecule has 0 rings (SSSR count). The number of hydrogen-bond donors (Lipinski definition) is 2. The molecule has 0 saturated carbocycles. The van der Waals surface area contributed by atoms with Crippen LogP contribution in [0.2, 0.25) is 0 Å². The first-order chi connectivity index (χ1) is 3.72. The van der Waals surface area contributed by atoms with Crippen molar-refractivity contribution < 1.29 is 0 Å². The summed E-state index contributed by atoms with van der Waals surface area (Å²) < 4.78 is 0. The van der Waals surface area contributed by atoms with Gasteiger partial charge in [0, 0.05) is 0 Å². The zero-order chi connectivity index (χ0) is 6.57. The Labute approximate surface area is 50.6 Å². The standard InChI is InChI=1S/C5H15N3/c1-3-8(4-2)5(6)7/h5H,3-4,6-7H2,1-2H3. The molecule has 0 fully saturated rings. The van der Waals surface area contributed by atoms with Gasteiger partial charge in [0.15, 0.2) is 0 Å². The van der Waals surface area contributed by atoms with Crippen molar-refractivity contribution >= 4 is 0 Å². The molecular weight excluding hydrogens is 102 g/mol. The summed E-state index contributed by atoms with van der Waals surface area (Å²) in [6.07, 6.45) is -0.287. The molecule has 0 aliphatic rings. The van der Waals surface area contributed by atoms with Crippen LogP contribution >= 0.6 is 0 Å². The van der Waals surface area contributed by atoms with Crippen LogP contribution < -0.4 is 11.5 Å². The van der Waals surface area contributed by atoms with Crippen LogP contribution in [-0.2, 0) is 0 Å². The fourth-order valence-corrected chi connectivity index (χ4v) is 0.645. The highest BCUT2D eigenvalue weighted by Crippen LogP contribution is 1.83. The third kappa shape index (κ3) is 2.26. The number of nitrogens with two attached hydrogens (primary N) is 2. The molecule has 0 aliphatic heterocycles. The van der Waals surface area contributed by atoms with Gasteiger partial charge in [-0.1, -0.05) is 13.8 Å². The van der Waals surface area contributed by atoms with Crippen molar-refractivity contribution in [3.05, 3.63) is 0 Å². The van der Waals surface area contributed by atoms with Crippen LogP contribution in [0, 0.1) is 0 Å². The second kappa shape index (κ2) is 3.83. The van der Waals surface area contributed by atoms with Crippen LogP contribution in [0.25, 0.3) is 0 Å². The topological polar surface area (TPSA) is 55.3 Å². The average molecular weight is 117 g/mol. The first-order valence-electron chi connectivity index (χ1n) is 2.97. The van der Waals surface area contributed by atoms with Gasteiger partial charge in [-0.25, -0.2) is 0 Å². The van der Waals surface area contributed by atoms with Gasteiger partial charge >= 0.3 is 0 Å². The van der Waals surface area contributed by atoms with Crippen molar-refractivity contribution in [3.8, 4) is 0 Å². The Morgan fingerprint density at radius 1 is 1.25 bits per heavy atom. The second-order valence-corrected chi connectivity index (χ2v) is 1.71. The molecule has 0 radical (unpaired) electrons. The predicted molar refractivity (Wildman–Crippen MR) is 35.1 cm³/mol. The summed E-state index contributed by atoms with van der Waals surface area (Å²) in [5, 5.41) is 0. The van der Waals surface area contributed by atoms with Crippen molar-refractivity contribution in [2.24, 2.45) is 11.5 Å². The Morgan fingerprint density at radius 3 is 1.62 bits per heavy atom. The molecular formula is C5H15N3. The van der Waals surface area contributed by atoms with Gasteiger partial charge in [0.25, 0.3) is 0 Å². The highest BCUT2D eigenvalue weighted by atomic mass is 15.3. The summed E-state index contributed by atoms with van der Waals surface area (Å²) in [5.41, 5.74) is 10.7. The number of rotatable bonds is 3. The maximum absolute atomic E-state index is 5.36. The molecule has 0 aromatic rings. The molecule has 0 aromatic carbocycles. The van der Waals surface area contributed by atoms with E-state index in [9.17, 15) is 0 Å². The van der Waals surface area contributed by atoms with Gasteiger partial charge in [-0.3, -0.25) is 4.90 Å². The van der Waals surface area contributed by atoms with Crippen molar-refractivity contribution in [1.82, 2.24) is 4.90 Å². The zero-order valence-corrected chi connectivity index (χ0v) is 5.59. The van der Waals surface area contributed by atoms with Crippen LogP contribution in [0.15, 0.2) is 0 Å². The van der Waals surface area contributed by atoms with E-state index in [0.717, 1.165) is 13.1 Å². The Hall–Kier alpha value is -0.120. The average Bonchev–Trinajstić information content (AvgIpc) is 1.69. The normalized spacial score (nSPS) is 11.2. The third-order valence-electron chi connectivity index (χ3n) is 1.23. The maximum Gasteiger partial charge on any atom is 0.109 e. The molecule has 0 atom stereocenters. The van der Waals surface area contributed by atoms with Gasteiger partial charge < -0.3 is 11.5 Å². The summed E-state index contributed by atoms with van der Waals surface area (Å²) in [4.78, 5) is 1.97. The Morgan fingerprint density at radius 2 is 1.62 bits per heavy atom. The molecule has 0 aromatic heterocycles. The fraction of sp³-hybridized carbons (Fsp3) is 1.00. The van der Waals surface area contributed by atoms with E-state index in [1.165, 1.54) is 0 Å². The minimum absolute atomic E-state index is 0.287. The van der Waals surface area contributed by atoms with Crippen molar-refractivity contribution in [1.29, 1.82) is 0 Å². The minimum Gasteiger partial charge on any atom is -0.304 e. The lowest BCUT2D eigenvalue weighted by Gasteiger charge is -2.21. The summed E-state index contributed by atoms with van der Waals surface area (Å²) >= 11 is 0. The largest absolute Gasteiger partial charge is 0.304 e. The van der Waals surface area contributed by atoms with Crippen LogP contribution in [0.5, 0.6) is 0 Å². The molecule has 8 heavy (non-hydrogen) atoms. The lowest BCUT2D eigenvalue weighted by Crippen LogP contribution is -2.48. The minimum atomic E-state index is -0.287. The van der Waals surface area contributed by atoms with E-state index in [1.54, 1.807) is 0 Å². The summed E-state index contributed by atoms with van der Waals surface area (Å²) in [6.45, 7) is 5.93. The quantitative estimate of drug-likeness (QED) is 0.491. The maximum atomic E-state index is 5.36. The van der Waals surface area contributed by atoms with Crippen molar-refractivity contribution in [3.63, 3.8) is 0 Å². The van der Waals surface area contributed by atoms with Crippen molar-refractivity contribution in [2.45, 2.75) is 20.1 Å². The van der Waals surface area contributed by atoms with Crippen LogP contribution in [0.1, 0.15) is 13.8 Å². The third-order valence-corrected chi connectivity index (χ3v) is 1.23. The molecule has 0 aliphatic carbocycles. The summed E-state index contributed by atoms with van der Waals surface area (Å²) in [7, 11) is 0. The Balaban J connectivity index is 3.35. The molecule has 0 spiro atoms. The smallest absolute Gasteiger partial charge is 0.109 e. The van der Waals surface area contributed by atoms with Gasteiger partial charge in [-0.2, -0.15) is 0 Å². The molecule has 0 heterocycles. The monoisotopic (exact) mass is 117 g/mol. The molecule has 0 bridgehead atoms. The molecule has 0 saturated heterocycles. The van der Waals surface area contributed by atoms with Crippen LogP contribution in [0.4, 0.5) is 0 Å². The Kier molecular flexibility index (Phi) is 3.77. The first kappa shape index (κ1) is 7.88. The van der Waals surface area contributed by atoms with E-state index in [4.69, 9.17) is 11.5 Å². The van der Waals surface area contributed by atoms with Gasteiger partial charge in [0.1, 0.15) is 6.29 Å². The van der Waals surface area contributed by atoms with Crippen LogP contribution in [-0.4, -0.2) is 24.3 Å². The number of nitrogens with zero attached hydrogens (tertiary/aromatic N) is 1. The lowest BCUT2D eigenvalue weighted by atomic mass is 10.5. The molecule has 0 amide bonds. The molecule has 3 nitrogen and oxygen atoms in total. The highest BCUT2D eigenvalue weighted by Gasteiger charge is 2.01. The van der Waals surface area contributed by atoms with Gasteiger partial charge in [-0.15, -0.1) is 0 Å². The van der Waals surface area contributed by atoms with E-state index >= 15 is 0 Å². The van der Waals surface area contributed by atoms with Gasteiger partial charge in [0.2, 0.25) is 0 Å². The van der Waals surface area contributed by atoms with E-state index < -0.39 is 0 Å². The van der Waals surface area contributed by atoms with Crippen LogP contribution in [0.3, 0.4) is 0 Å². The second-order valence-electron chi connectivity index (χ2n) is 1.71. The first-order valence-corrected chi connectivity index (χ1v) is 2.97. The zero-order valence-electron chi connectivity index (χ0n) is 5.59. The van der Waals surface area contributed by atoms with Gasteiger partial charge in [0.05, 0.1) is 0 Å². The predicted octanol–water partition coefficient (Wildman–Crippen LogP) is -0.471. The number of hydrogen-bond acceptors (Lipinski definition) is 3.